The van der Waals surface area contributed by atoms with E-state index >= 15 is 0 Å². The van der Waals surface area contributed by atoms with Gasteiger partial charge < -0.3 is 10.6 Å². The first kappa shape index (κ1) is 18.5. The number of carbonyl (C=O) groups excluding carboxylic acids is 1. The summed E-state index contributed by atoms with van der Waals surface area (Å²) in [6.45, 7) is 1.85. The minimum Gasteiger partial charge on any atom is -0.357 e. The lowest BCUT2D eigenvalue weighted by molar-refractivity contribution is -0.115. The average Bonchev–Trinajstić information content (AvgIpc) is 3.04. The minimum atomic E-state index is -0.285. The van der Waals surface area contributed by atoms with Gasteiger partial charge in [0.15, 0.2) is 4.34 Å². The quantitative estimate of drug-likeness (QED) is 0.668. The van der Waals surface area contributed by atoms with E-state index in [-0.39, 0.29) is 11.2 Å². The molecule has 1 aliphatic rings. The number of nitrogens with zero attached hydrogens (tertiary/aromatic N) is 2. The van der Waals surface area contributed by atoms with Crippen LogP contribution in [0.5, 0.6) is 0 Å². The zero-order valence-electron chi connectivity index (χ0n) is 14.0. The number of para-hydroxylation sites is 1. The number of rotatable bonds is 6. The molecule has 5 nitrogen and oxygen atoms in total. The maximum Gasteiger partial charge on any atom is 0.237 e. The Labute approximate surface area is 161 Å². The van der Waals surface area contributed by atoms with E-state index in [2.05, 4.69) is 20.8 Å². The van der Waals surface area contributed by atoms with Crippen LogP contribution in [0, 0.1) is 0 Å². The summed E-state index contributed by atoms with van der Waals surface area (Å²) in [5.41, 5.74) is 0.624. The Balaban J connectivity index is 1.53. The van der Waals surface area contributed by atoms with Gasteiger partial charge in [-0.15, -0.1) is 10.2 Å². The zero-order chi connectivity index (χ0) is 17.6. The number of anilines is 2. The lowest BCUT2D eigenvalue weighted by atomic mass is 9.96. The molecule has 2 N–H and O–H groups in total. The SMILES string of the molecule is CC(Sc1nnc(NC2CCCCC2)s1)C(=O)Nc1ccccc1Cl. The van der Waals surface area contributed by atoms with E-state index in [9.17, 15) is 4.79 Å². The number of carbonyl (C=O) groups is 1. The molecule has 1 fully saturated rings. The third kappa shape index (κ3) is 5.33. The number of halogens is 1. The van der Waals surface area contributed by atoms with Crippen LogP contribution in [-0.4, -0.2) is 27.4 Å². The highest BCUT2D eigenvalue weighted by Gasteiger charge is 2.19. The summed E-state index contributed by atoms with van der Waals surface area (Å²) in [6, 6.07) is 7.71. The fraction of sp³-hybridized carbons (Fsp3) is 0.471. The second-order valence-electron chi connectivity index (χ2n) is 6.08. The Morgan fingerprint density at radius 2 is 2.04 bits per heavy atom. The predicted octanol–water partition coefficient (Wildman–Crippen LogP) is 5.06. The van der Waals surface area contributed by atoms with Crippen molar-refractivity contribution in [1.29, 1.82) is 0 Å². The second-order valence-corrected chi connectivity index (χ2v) is 9.05. The number of aromatic nitrogens is 2. The summed E-state index contributed by atoms with van der Waals surface area (Å²) < 4.78 is 0.792. The molecule has 0 bridgehead atoms. The van der Waals surface area contributed by atoms with Crippen molar-refractivity contribution in [3.05, 3.63) is 29.3 Å². The first-order valence-corrected chi connectivity index (χ1v) is 10.5. The van der Waals surface area contributed by atoms with E-state index in [1.165, 1.54) is 55.2 Å². The van der Waals surface area contributed by atoms with Crippen molar-refractivity contribution in [1.82, 2.24) is 10.2 Å². The molecule has 8 heteroatoms. The molecule has 1 aliphatic carbocycles. The Bertz CT molecular complexity index is 718. The first-order valence-electron chi connectivity index (χ1n) is 8.44. The number of hydrogen-bond acceptors (Lipinski definition) is 6. The van der Waals surface area contributed by atoms with Crippen molar-refractivity contribution in [3.8, 4) is 0 Å². The fourth-order valence-corrected chi connectivity index (χ4v) is 4.89. The van der Waals surface area contributed by atoms with Crippen molar-refractivity contribution in [2.24, 2.45) is 0 Å². The van der Waals surface area contributed by atoms with Crippen molar-refractivity contribution >= 4 is 51.4 Å². The fourth-order valence-electron chi connectivity index (χ4n) is 2.74. The smallest absolute Gasteiger partial charge is 0.237 e. The van der Waals surface area contributed by atoms with Crippen LogP contribution in [-0.2, 0) is 4.79 Å². The standard InChI is InChI=1S/C17H21ClN4OS2/c1-11(15(23)20-14-10-6-5-9-13(14)18)24-17-22-21-16(25-17)19-12-7-3-2-4-8-12/h5-6,9-12H,2-4,7-8H2,1H3,(H,19,21)(H,20,23). The van der Waals surface area contributed by atoms with Gasteiger partial charge in [0.1, 0.15) is 0 Å². The van der Waals surface area contributed by atoms with Crippen molar-refractivity contribution in [2.75, 3.05) is 10.6 Å². The Kier molecular flexibility index (Phi) is 6.56. The third-order valence-corrected chi connectivity index (χ3v) is 6.49. The molecule has 1 unspecified atom stereocenters. The maximum absolute atomic E-state index is 12.3. The number of hydrogen-bond donors (Lipinski definition) is 2. The van der Waals surface area contributed by atoms with Gasteiger partial charge in [-0.3, -0.25) is 4.79 Å². The van der Waals surface area contributed by atoms with Crippen molar-refractivity contribution in [3.63, 3.8) is 0 Å². The van der Waals surface area contributed by atoms with Crippen LogP contribution in [0.3, 0.4) is 0 Å². The monoisotopic (exact) mass is 396 g/mol. The van der Waals surface area contributed by atoms with Crippen molar-refractivity contribution in [2.45, 2.75) is 54.7 Å². The van der Waals surface area contributed by atoms with Crippen LogP contribution in [0.2, 0.25) is 5.02 Å². The second kappa shape index (κ2) is 8.87. The van der Waals surface area contributed by atoms with Crippen LogP contribution >= 0.6 is 34.7 Å². The molecule has 0 radical (unpaired) electrons. The summed E-state index contributed by atoms with van der Waals surface area (Å²) in [6.07, 6.45) is 6.26. The van der Waals surface area contributed by atoms with Gasteiger partial charge in [-0.1, -0.05) is 66.1 Å². The molecule has 3 rings (SSSR count). The van der Waals surface area contributed by atoms with Gasteiger partial charge in [0.05, 0.1) is 16.0 Å². The maximum atomic E-state index is 12.3. The van der Waals surface area contributed by atoms with E-state index in [0.29, 0.717) is 16.8 Å². The van der Waals surface area contributed by atoms with Crippen LogP contribution in [0.25, 0.3) is 0 Å². The van der Waals surface area contributed by atoms with Gasteiger partial charge in [-0.25, -0.2) is 0 Å². The molecule has 1 amide bonds. The molecule has 0 aliphatic heterocycles. The highest BCUT2D eigenvalue weighted by atomic mass is 35.5. The molecule has 134 valence electrons. The number of nitrogens with one attached hydrogen (secondary N) is 2. The van der Waals surface area contributed by atoms with Gasteiger partial charge in [-0.05, 0) is 31.9 Å². The summed E-state index contributed by atoms with van der Waals surface area (Å²) >= 11 is 8.99. The van der Waals surface area contributed by atoms with E-state index in [4.69, 9.17) is 11.6 Å². The Morgan fingerprint density at radius 1 is 1.28 bits per heavy atom. The van der Waals surface area contributed by atoms with E-state index in [1.54, 1.807) is 12.1 Å². The largest absolute Gasteiger partial charge is 0.357 e. The normalized spacial score (nSPS) is 16.4. The van der Waals surface area contributed by atoms with Crippen LogP contribution in [0.15, 0.2) is 28.6 Å². The van der Waals surface area contributed by atoms with E-state index < -0.39 is 0 Å². The third-order valence-electron chi connectivity index (χ3n) is 4.12. The predicted molar refractivity (Wildman–Crippen MR) is 106 cm³/mol. The first-order chi connectivity index (χ1) is 12.1. The Morgan fingerprint density at radius 3 is 2.80 bits per heavy atom. The minimum absolute atomic E-state index is 0.102. The lowest BCUT2D eigenvalue weighted by Gasteiger charge is -2.21. The zero-order valence-corrected chi connectivity index (χ0v) is 16.4. The molecule has 1 aromatic heterocycles. The summed E-state index contributed by atoms with van der Waals surface area (Å²) in [7, 11) is 0. The van der Waals surface area contributed by atoms with E-state index in [0.717, 1.165) is 9.47 Å². The molecule has 0 spiro atoms. The molecule has 2 aromatic rings. The van der Waals surface area contributed by atoms with Gasteiger partial charge >= 0.3 is 0 Å². The number of benzene rings is 1. The van der Waals surface area contributed by atoms with Gasteiger partial charge in [0.2, 0.25) is 11.0 Å². The molecular formula is C17H21ClN4OS2. The van der Waals surface area contributed by atoms with Crippen LogP contribution in [0.1, 0.15) is 39.0 Å². The number of amides is 1. The summed E-state index contributed by atoms with van der Waals surface area (Å²) in [5, 5.41) is 15.8. The summed E-state index contributed by atoms with van der Waals surface area (Å²) in [5.74, 6) is -0.102. The molecule has 0 saturated heterocycles. The van der Waals surface area contributed by atoms with Gasteiger partial charge in [-0.2, -0.15) is 0 Å². The molecular weight excluding hydrogens is 376 g/mol. The van der Waals surface area contributed by atoms with Crippen LogP contribution in [0.4, 0.5) is 10.8 Å². The lowest BCUT2D eigenvalue weighted by Crippen LogP contribution is -2.22. The molecule has 1 aromatic carbocycles. The molecule has 1 atom stereocenters. The molecule has 1 heterocycles. The Hall–Kier alpha value is -1.31. The summed E-state index contributed by atoms with van der Waals surface area (Å²) in [4.78, 5) is 12.3. The van der Waals surface area contributed by atoms with Crippen LogP contribution < -0.4 is 10.6 Å². The highest BCUT2D eigenvalue weighted by molar-refractivity contribution is 8.02. The van der Waals surface area contributed by atoms with Crippen molar-refractivity contribution < 1.29 is 4.79 Å². The molecule has 25 heavy (non-hydrogen) atoms. The average molecular weight is 397 g/mol. The topological polar surface area (TPSA) is 66.9 Å². The van der Waals surface area contributed by atoms with Gasteiger partial charge in [0.25, 0.3) is 0 Å². The molecule has 1 saturated carbocycles. The number of thioether (sulfide) groups is 1. The van der Waals surface area contributed by atoms with E-state index in [1.807, 2.05) is 19.1 Å². The van der Waals surface area contributed by atoms with Gasteiger partial charge in [0, 0.05) is 6.04 Å². The highest BCUT2D eigenvalue weighted by Crippen LogP contribution is 2.31.